The first kappa shape index (κ1) is 21.4. The number of H-pyrrole nitrogens is 1. The lowest BCUT2D eigenvalue weighted by Gasteiger charge is -2.36. The molecule has 1 atom stereocenters. The van der Waals surface area contributed by atoms with Crippen molar-refractivity contribution in [1.29, 1.82) is 0 Å². The van der Waals surface area contributed by atoms with Gasteiger partial charge in [0.2, 0.25) is 5.91 Å². The number of hydrogen-bond acceptors (Lipinski definition) is 4. The van der Waals surface area contributed by atoms with Crippen molar-refractivity contribution in [3.05, 3.63) is 62.8 Å². The van der Waals surface area contributed by atoms with Gasteiger partial charge in [-0.3, -0.25) is 14.5 Å². The molecule has 32 heavy (non-hydrogen) atoms. The third-order valence-corrected chi connectivity index (χ3v) is 7.58. The average molecular weight is 435 g/mol. The van der Waals surface area contributed by atoms with Crippen molar-refractivity contribution in [2.24, 2.45) is 0 Å². The summed E-state index contributed by atoms with van der Waals surface area (Å²) in [6.45, 7) is 4.50. The summed E-state index contributed by atoms with van der Waals surface area (Å²) >= 11 is 0. The minimum absolute atomic E-state index is 0.00687. The van der Waals surface area contributed by atoms with Gasteiger partial charge in [-0.15, -0.1) is 0 Å². The highest BCUT2D eigenvalue weighted by Crippen LogP contribution is 2.31. The number of likely N-dealkylation sites (tertiary alicyclic amines) is 1. The van der Waals surface area contributed by atoms with E-state index in [9.17, 15) is 9.59 Å². The van der Waals surface area contributed by atoms with Crippen LogP contribution in [0, 0.1) is 6.92 Å². The third-order valence-electron chi connectivity index (χ3n) is 7.58. The van der Waals surface area contributed by atoms with Gasteiger partial charge in [-0.25, -0.2) is 4.98 Å². The van der Waals surface area contributed by atoms with Gasteiger partial charge in [0.25, 0.3) is 5.56 Å². The molecule has 1 amide bonds. The highest BCUT2D eigenvalue weighted by Gasteiger charge is 2.32. The quantitative estimate of drug-likeness (QED) is 0.797. The third kappa shape index (κ3) is 4.38. The van der Waals surface area contributed by atoms with Crippen molar-refractivity contribution in [1.82, 2.24) is 19.8 Å². The van der Waals surface area contributed by atoms with Gasteiger partial charge in [0.15, 0.2) is 0 Å². The molecule has 3 heterocycles. The number of amides is 1. The lowest BCUT2D eigenvalue weighted by atomic mass is 9.98. The Morgan fingerprint density at radius 1 is 1.06 bits per heavy atom. The number of benzene rings is 1. The molecular weight excluding hydrogens is 400 g/mol. The van der Waals surface area contributed by atoms with Crippen LogP contribution in [0.2, 0.25) is 0 Å². The Morgan fingerprint density at radius 2 is 1.81 bits per heavy atom. The zero-order chi connectivity index (χ0) is 22.1. The lowest BCUT2D eigenvalue weighted by Crippen LogP contribution is -2.43. The standard InChI is InChI=1S/C26H34N4O2/c1-18-9-11-19(12-10-18)16-24(31)30-14-5-4-8-23(30)25-27-22-17-29(20-6-2-3-7-20)15-13-21(22)26(32)28-25/h9-12,20,23H,2-8,13-17H2,1H3,(H,27,28,32)/t23-/m1/s1. The maximum absolute atomic E-state index is 13.2. The number of nitrogens with zero attached hydrogens (tertiary/aromatic N) is 3. The van der Waals surface area contributed by atoms with E-state index < -0.39 is 0 Å². The van der Waals surface area contributed by atoms with Gasteiger partial charge in [-0.2, -0.15) is 0 Å². The van der Waals surface area contributed by atoms with Gasteiger partial charge in [-0.1, -0.05) is 42.7 Å². The van der Waals surface area contributed by atoms with Crippen molar-refractivity contribution in [3.63, 3.8) is 0 Å². The number of aromatic nitrogens is 2. The summed E-state index contributed by atoms with van der Waals surface area (Å²) in [5, 5.41) is 0. The summed E-state index contributed by atoms with van der Waals surface area (Å²) in [5.41, 5.74) is 3.99. The van der Waals surface area contributed by atoms with Gasteiger partial charge in [0.05, 0.1) is 18.2 Å². The minimum Gasteiger partial charge on any atom is -0.332 e. The van der Waals surface area contributed by atoms with Gasteiger partial charge >= 0.3 is 0 Å². The zero-order valence-electron chi connectivity index (χ0n) is 19.1. The first-order valence-electron chi connectivity index (χ1n) is 12.3. The number of aryl methyl sites for hydroxylation is 1. The molecule has 0 radical (unpaired) electrons. The molecule has 170 valence electrons. The second kappa shape index (κ2) is 9.18. The van der Waals surface area contributed by atoms with Crippen molar-refractivity contribution >= 4 is 5.91 Å². The van der Waals surface area contributed by atoms with Gasteiger partial charge in [0, 0.05) is 31.2 Å². The van der Waals surface area contributed by atoms with Gasteiger partial charge < -0.3 is 9.88 Å². The van der Waals surface area contributed by atoms with Crippen molar-refractivity contribution in [2.45, 2.75) is 83.3 Å². The Balaban J connectivity index is 1.38. The fourth-order valence-corrected chi connectivity index (χ4v) is 5.71. The first-order valence-corrected chi connectivity index (χ1v) is 12.3. The minimum atomic E-state index is -0.137. The molecule has 6 nitrogen and oxygen atoms in total. The van der Waals surface area contributed by atoms with Gasteiger partial charge in [0.1, 0.15) is 5.82 Å². The molecule has 1 aromatic heterocycles. The van der Waals surface area contributed by atoms with E-state index >= 15 is 0 Å². The number of nitrogens with one attached hydrogen (secondary N) is 1. The van der Waals surface area contributed by atoms with Crippen LogP contribution in [0.15, 0.2) is 29.1 Å². The molecule has 2 aromatic rings. The molecular formula is C26H34N4O2. The predicted octanol–water partition coefficient (Wildman–Crippen LogP) is 3.68. The highest BCUT2D eigenvalue weighted by atomic mass is 16.2. The van der Waals surface area contributed by atoms with Crippen LogP contribution in [0.5, 0.6) is 0 Å². The molecule has 1 N–H and O–H groups in total. The van der Waals surface area contributed by atoms with Crippen LogP contribution in [0.25, 0.3) is 0 Å². The van der Waals surface area contributed by atoms with Crippen LogP contribution in [-0.4, -0.2) is 44.8 Å². The summed E-state index contributed by atoms with van der Waals surface area (Å²) in [7, 11) is 0. The Kier molecular flexibility index (Phi) is 6.13. The summed E-state index contributed by atoms with van der Waals surface area (Å²) < 4.78 is 0. The summed E-state index contributed by atoms with van der Waals surface area (Å²) in [6.07, 6.45) is 9.20. The van der Waals surface area contributed by atoms with E-state index in [4.69, 9.17) is 4.98 Å². The van der Waals surface area contributed by atoms with Gasteiger partial charge in [-0.05, 0) is 51.0 Å². The summed E-state index contributed by atoms with van der Waals surface area (Å²) in [6, 6.07) is 8.66. The molecule has 6 heteroatoms. The fraction of sp³-hybridized carbons (Fsp3) is 0.577. The monoisotopic (exact) mass is 434 g/mol. The molecule has 0 bridgehead atoms. The summed E-state index contributed by atoms with van der Waals surface area (Å²) in [4.78, 5) is 38.7. The second-order valence-corrected chi connectivity index (χ2v) is 9.80. The second-order valence-electron chi connectivity index (χ2n) is 9.80. The Bertz CT molecular complexity index is 1020. The van der Waals surface area contributed by atoms with Crippen molar-refractivity contribution in [2.75, 3.05) is 13.1 Å². The molecule has 1 saturated carbocycles. The van der Waals surface area contributed by atoms with E-state index in [1.807, 2.05) is 17.0 Å². The zero-order valence-corrected chi connectivity index (χ0v) is 19.1. The van der Waals surface area contributed by atoms with E-state index in [1.54, 1.807) is 0 Å². The predicted molar refractivity (Wildman–Crippen MR) is 124 cm³/mol. The molecule has 2 fully saturated rings. The molecule has 0 spiro atoms. The number of hydrogen-bond donors (Lipinski definition) is 1. The molecule has 1 aliphatic carbocycles. The van der Waals surface area contributed by atoms with Crippen LogP contribution >= 0.6 is 0 Å². The maximum atomic E-state index is 13.2. The van der Waals surface area contributed by atoms with E-state index in [2.05, 4.69) is 28.9 Å². The van der Waals surface area contributed by atoms with E-state index in [0.717, 1.165) is 62.1 Å². The average Bonchev–Trinajstić information content (AvgIpc) is 3.35. The SMILES string of the molecule is Cc1ccc(CC(=O)N2CCCC[C@@H]2c2nc3c(c(=O)[nH]2)CCN(C2CCCC2)C3)cc1. The van der Waals surface area contributed by atoms with E-state index in [0.29, 0.717) is 18.3 Å². The molecule has 0 unspecified atom stereocenters. The molecule has 2 aliphatic heterocycles. The normalized spacial score (nSPS) is 22.2. The number of aromatic amines is 1. The maximum Gasteiger partial charge on any atom is 0.254 e. The number of fused-ring (bicyclic) bond motifs is 1. The smallest absolute Gasteiger partial charge is 0.254 e. The van der Waals surface area contributed by atoms with Crippen LogP contribution in [0.1, 0.15) is 79.2 Å². The Hall–Kier alpha value is -2.47. The first-order chi connectivity index (χ1) is 15.6. The topological polar surface area (TPSA) is 69.3 Å². The number of rotatable bonds is 4. The van der Waals surface area contributed by atoms with Crippen LogP contribution in [0.3, 0.4) is 0 Å². The molecule has 3 aliphatic rings. The van der Waals surface area contributed by atoms with Crippen LogP contribution in [-0.2, 0) is 24.2 Å². The number of carbonyl (C=O) groups is 1. The summed E-state index contributed by atoms with van der Waals surface area (Å²) in [5.74, 6) is 0.797. The lowest BCUT2D eigenvalue weighted by molar-refractivity contribution is -0.134. The fourth-order valence-electron chi connectivity index (χ4n) is 5.71. The van der Waals surface area contributed by atoms with E-state index in [1.165, 1.54) is 31.2 Å². The van der Waals surface area contributed by atoms with Crippen molar-refractivity contribution < 1.29 is 4.79 Å². The largest absolute Gasteiger partial charge is 0.332 e. The van der Waals surface area contributed by atoms with E-state index in [-0.39, 0.29) is 17.5 Å². The highest BCUT2D eigenvalue weighted by molar-refractivity contribution is 5.79. The Labute approximate surface area is 190 Å². The Morgan fingerprint density at radius 3 is 2.59 bits per heavy atom. The van der Waals surface area contributed by atoms with Crippen LogP contribution in [0.4, 0.5) is 0 Å². The molecule has 5 rings (SSSR count). The number of piperidine rings is 1. The molecule has 1 aromatic carbocycles. The van der Waals surface area contributed by atoms with Crippen molar-refractivity contribution in [3.8, 4) is 0 Å². The molecule has 1 saturated heterocycles. The van der Waals surface area contributed by atoms with Crippen LogP contribution < -0.4 is 5.56 Å². The number of carbonyl (C=O) groups excluding carboxylic acids is 1.